The second-order valence-electron chi connectivity index (χ2n) is 4.86. The Morgan fingerprint density at radius 2 is 1.74 bits per heavy atom. The van der Waals surface area contributed by atoms with Crippen LogP contribution in [0, 0.1) is 0 Å². The Morgan fingerprint density at radius 3 is 2.21 bits per heavy atom. The molecule has 0 saturated heterocycles. The average molecular weight is 272 g/mol. The topological polar surface area (TPSA) is 92.4 Å². The van der Waals surface area contributed by atoms with Gasteiger partial charge in [0.1, 0.15) is 11.8 Å². The van der Waals surface area contributed by atoms with Gasteiger partial charge in [0.05, 0.1) is 6.04 Å². The Labute approximate surface area is 115 Å². The number of carboxylic acid groups (broad SMARTS) is 1. The number of unbranched alkanes of at least 4 members (excludes halogenated alkanes) is 2. The van der Waals surface area contributed by atoms with Crippen molar-refractivity contribution in [1.82, 2.24) is 5.32 Å². The Hall–Kier alpha value is -0.940. The van der Waals surface area contributed by atoms with Gasteiger partial charge in [0, 0.05) is 6.42 Å². The number of carbonyl (C=O) groups excluding carboxylic acids is 1. The zero-order valence-electron chi connectivity index (χ0n) is 12.2. The number of ketones is 1. The number of carbonyl (C=O) groups is 2. The molecule has 0 rings (SSSR count). The third kappa shape index (κ3) is 7.95. The van der Waals surface area contributed by atoms with E-state index in [1.54, 1.807) is 0 Å². The summed E-state index contributed by atoms with van der Waals surface area (Å²) in [6, 6.07) is -0.979. The molecule has 0 radical (unpaired) electrons. The quantitative estimate of drug-likeness (QED) is 0.470. The maximum Gasteiger partial charge on any atom is 0.320 e. The molecule has 0 spiro atoms. The Balaban J connectivity index is 4.45. The Bertz CT molecular complexity index is 269. The standard InChI is InChI=1S/C14H28N2O3/c1-3-5-8-11(13(17)4-2)16-12(14(18)19)9-6-7-10-15/h11-12,16H,3-10,15H2,1-2H3,(H,18,19)/t11?,12-/m0/s1. The van der Waals surface area contributed by atoms with Gasteiger partial charge in [-0.1, -0.05) is 33.1 Å². The van der Waals surface area contributed by atoms with Crippen LogP contribution in [-0.2, 0) is 9.59 Å². The van der Waals surface area contributed by atoms with Crippen LogP contribution in [0.25, 0.3) is 0 Å². The van der Waals surface area contributed by atoms with E-state index in [0.717, 1.165) is 25.7 Å². The molecule has 0 aromatic rings. The minimum atomic E-state index is -0.887. The predicted octanol–water partition coefficient (Wildman–Crippen LogP) is 1.70. The molecule has 5 nitrogen and oxygen atoms in total. The maximum absolute atomic E-state index is 11.8. The van der Waals surface area contributed by atoms with Crippen LogP contribution >= 0.6 is 0 Å². The molecule has 0 heterocycles. The SMILES string of the molecule is CCCCC(N[C@@H](CCCCN)C(=O)O)C(=O)CC. The summed E-state index contributed by atoms with van der Waals surface area (Å²) in [5.74, 6) is -0.791. The van der Waals surface area contributed by atoms with Gasteiger partial charge in [-0.25, -0.2) is 0 Å². The van der Waals surface area contributed by atoms with Crippen LogP contribution < -0.4 is 11.1 Å². The number of aliphatic carboxylic acids is 1. The summed E-state index contributed by atoms with van der Waals surface area (Å²) < 4.78 is 0. The van der Waals surface area contributed by atoms with Crippen LogP contribution in [0.1, 0.15) is 58.8 Å². The van der Waals surface area contributed by atoms with E-state index in [1.165, 1.54) is 0 Å². The van der Waals surface area contributed by atoms with Crippen LogP contribution in [0.15, 0.2) is 0 Å². The molecule has 0 fully saturated rings. The molecule has 4 N–H and O–H groups in total. The zero-order valence-corrected chi connectivity index (χ0v) is 12.2. The molecular formula is C14H28N2O3. The van der Waals surface area contributed by atoms with Crippen molar-refractivity contribution in [2.45, 2.75) is 70.9 Å². The molecule has 112 valence electrons. The molecule has 0 aliphatic rings. The molecule has 1 unspecified atom stereocenters. The summed E-state index contributed by atoms with van der Waals surface area (Å²) in [5, 5.41) is 12.2. The highest BCUT2D eigenvalue weighted by atomic mass is 16.4. The Morgan fingerprint density at radius 1 is 1.11 bits per heavy atom. The fraction of sp³-hybridized carbons (Fsp3) is 0.857. The molecule has 0 aliphatic carbocycles. The van der Waals surface area contributed by atoms with Gasteiger partial charge >= 0.3 is 5.97 Å². The van der Waals surface area contributed by atoms with Crippen molar-refractivity contribution in [3.63, 3.8) is 0 Å². The first kappa shape index (κ1) is 18.1. The van der Waals surface area contributed by atoms with Crippen molar-refractivity contribution < 1.29 is 14.7 Å². The lowest BCUT2D eigenvalue weighted by atomic mass is 10.0. The second kappa shape index (κ2) is 10.9. The molecule has 5 heteroatoms. The van der Waals surface area contributed by atoms with E-state index < -0.39 is 12.0 Å². The summed E-state index contributed by atoms with van der Waals surface area (Å²) in [7, 11) is 0. The normalized spacial score (nSPS) is 14.1. The number of hydrogen-bond donors (Lipinski definition) is 3. The highest BCUT2D eigenvalue weighted by Crippen LogP contribution is 2.08. The summed E-state index contributed by atoms with van der Waals surface area (Å²) in [4.78, 5) is 23.0. The fourth-order valence-corrected chi connectivity index (χ4v) is 2.01. The number of Topliss-reactive ketones (excluding diaryl/α,β-unsaturated/α-hetero) is 1. The molecule has 2 atom stereocenters. The van der Waals surface area contributed by atoms with Crippen molar-refractivity contribution in [1.29, 1.82) is 0 Å². The third-order valence-corrected chi connectivity index (χ3v) is 3.23. The van der Waals surface area contributed by atoms with Crippen molar-refractivity contribution in [2.24, 2.45) is 5.73 Å². The van der Waals surface area contributed by atoms with Crippen LogP contribution in [-0.4, -0.2) is 35.5 Å². The summed E-state index contributed by atoms with van der Waals surface area (Å²) in [6.07, 6.45) is 5.18. The fourth-order valence-electron chi connectivity index (χ4n) is 2.01. The van der Waals surface area contributed by atoms with E-state index in [4.69, 9.17) is 5.73 Å². The van der Waals surface area contributed by atoms with Crippen molar-refractivity contribution in [2.75, 3.05) is 6.54 Å². The lowest BCUT2D eigenvalue weighted by molar-refractivity contribution is -0.140. The van der Waals surface area contributed by atoms with Gasteiger partial charge in [-0.2, -0.15) is 0 Å². The van der Waals surface area contributed by atoms with Crippen LogP contribution in [0.4, 0.5) is 0 Å². The zero-order chi connectivity index (χ0) is 14.7. The van der Waals surface area contributed by atoms with E-state index in [9.17, 15) is 14.7 Å². The van der Waals surface area contributed by atoms with Gasteiger partial charge in [0.15, 0.2) is 0 Å². The van der Waals surface area contributed by atoms with Crippen LogP contribution in [0.2, 0.25) is 0 Å². The monoisotopic (exact) mass is 272 g/mol. The summed E-state index contributed by atoms with van der Waals surface area (Å²) in [6.45, 7) is 4.44. The van der Waals surface area contributed by atoms with Crippen LogP contribution in [0.3, 0.4) is 0 Å². The lowest BCUT2D eigenvalue weighted by Crippen LogP contribution is -2.47. The van der Waals surface area contributed by atoms with Crippen LogP contribution in [0.5, 0.6) is 0 Å². The maximum atomic E-state index is 11.8. The highest BCUT2D eigenvalue weighted by Gasteiger charge is 2.24. The molecule has 0 saturated carbocycles. The largest absolute Gasteiger partial charge is 0.480 e. The smallest absolute Gasteiger partial charge is 0.320 e. The summed E-state index contributed by atoms with van der Waals surface area (Å²) >= 11 is 0. The van der Waals surface area contributed by atoms with E-state index in [0.29, 0.717) is 25.8 Å². The number of hydrogen-bond acceptors (Lipinski definition) is 4. The first-order valence-corrected chi connectivity index (χ1v) is 7.28. The summed E-state index contributed by atoms with van der Waals surface area (Å²) in [5.41, 5.74) is 5.41. The second-order valence-corrected chi connectivity index (χ2v) is 4.86. The number of nitrogens with two attached hydrogens (primary N) is 1. The van der Waals surface area contributed by atoms with Gasteiger partial charge < -0.3 is 10.8 Å². The molecule has 0 aromatic heterocycles. The first-order valence-electron chi connectivity index (χ1n) is 7.28. The Kier molecular flexibility index (Phi) is 10.4. The van der Waals surface area contributed by atoms with E-state index in [-0.39, 0.29) is 11.8 Å². The molecule has 0 amide bonds. The average Bonchev–Trinajstić information content (AvgIpc) is 2.40. The minimum absolute atomic E-state index is 0.0959. The minimum Gasteiger partial charge on any atom is -0.480 e. The molecular weight excluding hydrogens is 244 g/mol. The highest BCUT2D eigenvalue weighted by molar-refractivity contribution is 5.84. The van der Waals surface area contributed by atoms with Gasteiger partial charge in [-0.3, -0.25) is 14.9 Å². The number of rotatable bonds is 12. The van der Waals surface area contributed by atoms with Crippen molar-refractivity contribution in [3.8, 4) is 0 Å². The van der Waals surface area contributed by atoms with E-state index >= 15 is 0 Å². The number of nitrogens with one attached hydrogen (secondary N) is 1. The molecule has 0 aliphatic heterocycles. The van der Waals surface area contributed by atoms with E-state index in [2.05, 4.69) is 12.2 Å². The van der Waals surface area contributed by atoms with Gasteiger partial charge in [-0.15, -0.1) is 0 Å². The van der Waals surface area contributed by atoms with Gasteiger partial charge in [-0.05, 0) is 25.8 Å². The van der Waals surface area contributed by atoms with Crippen molar-refractivity contribution >= 4 is 11.8 Å². The van der Waals surface area contributed by atoms with Crippen molar-refractivity contribution in [3.05, 3.63) is 0 Å². The third-order valence-electron chi connectivity index (χ3n) is 3.23. The van der Waals surface area contributed by atoms with E-state index in [1.807, 2.05) is 6.92 Å². The molecule has 19 heavy (non-hydrogen) atoms. The first-order chi connectivity index (χ1) is 9.06. The molecule has 0 bridgehead atoms. The lowest BCUT2D eigenvalue weighted by Gasteiger charge is -2.22. The molecule has 0 aromatic carbocycles. The van der Waals surface area contributed by atoms with Gasteiger partial charge in [0.2, 0.25) is 0 Å². The predicted molar refractivity (Wildman–Crippen MR) is 76.1 cm³/mol. The van der Waals surface area contributed by atoms with Gasteiger partial charge in [0.25, 0.3) is 0 Å². The number of carboxylic acids is 1.